The van der Waals surface area contributed by atoms with Crippen LogP contribution in [0.4, 0.5) is 16.2 Å². The molecule has 38 heavy (non-hydrogen) atoms. The molecule has 0 unspecified atom stereocenters. The molecule has 198 valence electrons. The van der Waals surface area contributed by atoms with E-state index < -0.39 is 23.3 Å². The molecule has 0 spiro atoms. The lowest BCUT2D eigenvalue weighted by Crippen LogP contribution is -2.29. The average Bonchev–Trinajstić information content (AvgIpc) is 3.16. The second kappa shape index (κ2) is 9.15. The molecule has 0 bridgehead atoms. The number of anilines is 2. The molecule has 7 heteroatoms. The maximum absolute atomic E-state index is 13.3. The molecule has 0 aliphatic heterocycles. The minimum atomic E-state index is -0.575. The summed E-state index contributed by atoms with van der Waals surface area (Å²) in [6.45, 7) is 12.0. The van der Waals surface area contributed by atoms with Gasteiger partial charge in [-0.05, 0) is 87.8 Å². The number of furan rings is 1. The highest BCUT2D eigenvalue weighted by molar-refractivity contribution is 6.53. The Morgan fingerprint density at radius 1 is 1.00 bits per heavy atom. The number of hydrogen-bond donors (Lipinski definition) is 2. The van der Waals surface area contributed by atoms with E-state index in [9.17, 15) is 14.4 Å². The predicted octanol–water partition coefficient (Wildman–Crippen LogP) is 7.21. The SMILES string of the molecule is Cc1c(CNc2ccc(NC(=O)OC(C)(C)C)cc2)oc2c1C(=O)C(=O)c1c-2ccc2c1CCCC2(C)C. The van der Waals surface area contributed by atoms with Crippen molar-refractivity contribution in [1.82, 2.24) is 0 Å². The number of nitrogens with one attached hydrogen (secondary N) is 2. The molecule has 0 saturated heterocycles. The van der Waals surface area contributed by atoms with Gasteiger partial charge in [0.15, 0.2) is 0 Å². The van der Waals surface area contributed by atoms with Crippen LogP contribution in [0.2, 0.25) is 0 Å². The third-order valence-corrected chi connectivity index (χ3v) is 7.40. The normalized spacial score (nSPS) is 15.8. The fourth-order valence-corrected chi connectivity index (χ4v) is 5.53. The van der Waals surface area contributed by atoms with Crippen LogP contribution in [-0.4, -0.2) is 23.3 Å². The molecule has 1 heterocycles. The first kappa shape index (κ1) is 25.8. The molecule has 1 aromatic heterocycles. The zero-order valence-electron chi connectivity index (χ0n) is 22.8. The van der Waals surface area contributed by atoms with Gasteiger partial charge in [-0.1, -0.05) is 26.0 Å². The monoisotopic (exact) mass is 514 g/mol. The van der Waals surface area contributed by atoms with Crippen LogP contribution in [-0.2, 0) is 23.1 Å². The van der Waals surface area contributed by atoms with E-state index >= 15 is 0 Å². The number of hydrogen-bond acceptors (Lipinski definition) is 6. The summed E-state index contributed by atoms with van der Waals surface area (Å²) >= 11 is 0. The Hall–Kier alpha value is -3.87. The van der Waals surface area contributed by atoms with Gasteiger partial charge in [-0.3, -0.25) is 14.9 Å². The fourth-order valence-electron chi connectivity index (χ4n) is 5.53. The standard InChI is InChI=1S/C31H34N2O5/c1-17-23(16-32-18-9-11-19(12-10-18)33-29(36)38-30(2,3)4)37-28-21-13-14-22-20(8-7-15-31(22,5)6)25(21)27(35)26(34)24(17)28/h9-14,32H,7-8,15-16H2,1-6H3,(H,33,36). The van der Waals surface area contributed by atoms with Crippen LogP contribution >= 0.6 is 0 Å². The molecule has 0 atom stereocenters. The van der Waals surface area contributed by atoms with Crippen LogP contribution in [0, 0.1) is 6.92 Å². The zero-order valence-corrected chi connectivity index (χ0v) is 22.8. The maximum Gasteiger partial charge on any atom is 0.412 e. The lowest BCUT2D eigenvalue weighted by atomic mass is 9.69. The largest absolute Gasteiger partial charge is 0.458 e. The first-order valence-corrected chi connectivity index (χ1v) is 13.1. The Kier molecular flexibility index (Phi) is 6.21. The summed E-state index contributed by atoms with van der Waals surface area (Å²) < 4.78 is 11.5. The summed E-state index contributed by atoms with van der Waals surface area (Å²) in [7, 11) is 0. The van der Waals surface area contributed by atoms with Crippen molar-refractivity contribution in [3.63, 3.8) is 0 Å². The van der Waals surface area contributed by atoms with Gasteiger partial charge in [0.05, 0.1) is 12.1 Å². The Labute approximate surface area is 223 Å². The van der Waals surface area contributed by atoms with Crippen molar-refractivity contribution in [2.45, 2.75) is 78.4 Å². The van der Waals surface area contributed by atoms with Crippen LogP contribution in [0.1, 0.15) is 90.6 Å². The molecule has 1 amide bonds. The third-order valence-electron chi connectivity index (χ3n) is 7.40. The van der Waals surface area contributed by atoms with Gasteiger partial charge in [-0.2, -0.15) is 0 Å². The van der Waals surface area contributed by atoms with Gasteiger partial charge in [0, 0.05) is 28.1 Å². The Balaban J connectivity index is 1.38. The average molecular weight is 515 g/mol. The highest BCUT2D eigenvalue weighted by Crippen LogP contribution is 2.45. The molecular formula is C31H34N2O5. The number of ketones is 2. The summed E-state index contributed by atoms with van der Waals surface area (Å²) in [5.74, 6) is 0.174. The molecule has 2 aliphatic rings. The van der Waals surface area contributed by atoms with Gasteiger partial charge in [0.1, 0.15) is 17.1 Å². The lowest BCUT2D eigenvalue weighted by Gasteiger charge is -2.34. The number of Topliss-reactive ketones (excluding diaryl/α,β-unsaturated/α-hetero) is 2. The summed E-state index contributed by atoms with van der Waals surface area (Å²) in [4.78, 5) is 38.6. The van der Waals surface area contributed by atoms with Crippen molar-refractivity contribution < 1.29 is 23.5 Å². The third kappa shape index (κ3) is 4.62. The van der Waals surface area contributed by atoms with Crippen molar-refractivity contribution in [2.75, 3.05) is 10.6 Å². The second-order valence-corrected chi connectivity index (χ2v) is 11.8. The van der Waals surface area contributed by atoms with E-state index in [4.69, 9.17) is 9.15 Å². The minimum Gasteiger partial charge on any atom is -0.458 e. The van der Waals surface area contributed by atoms with Gasteiger partial charge in [-0.15, -0.1) is 0 Å². The zero-order chi connectivity index (χ0) is 27.4. The van der Waals surface area contributed by atoms with E-state index in [1.54, 1.807) is 12.1 Å². The molecule has 0 radical (unpaired) electrons. The highest BCUT2D eigenvalue weighted by Gasteiger charge is 2.40. The number of fused-ring (bicyclic) bond motifs is 5. The molecule has 2 aliphatic carbocycles. The van der Waals surface area contributed by atoms with Crippen molar-refractivity contribution in [1.29, 1.82) is 0 Å². The number of rotatable bonds is 4. The van der Waals surface area contributed by atoms with E-state index in [1.807, 2.05) is 45.9 Å². The quantitative estimate of drug-likeness (QED) is 0.357. The minimum absolute atomic E-state index is 0.0294. The number of benzene rings is 2. The van der Waals surface area contributed by atoms with E-state index in [0.29, 0.717) is 46.0 Å². The first-order chi connectivity index (χ1) is 17.9. The van der Waals surface area contributed by atoms with E-state index in [1.165, 1.54) is 0 Å². The van der Waals surface area contributed by atoms with Crippen LogP contribution in [0.15, 0.2) is 40.8 Å². The summed E-state index contributed by atoms with van der Waals surface area (Å²) in [5.41, 5.74) is 5.26. The molecule has 5 rings (SSSR count). The Morgan fingerprint density at radius 3 is 2.34 bits per heavy atom. The van der Waals surface area contributed by atoms with Gasteiger partial charge < -0.3 is 14.5 Å². The van der Waals surface area contributed by atoms with E-state index in [-0.39, 0.29) is 5.41 Å². The van der Waals surface area contributed by atoms with Gasteiger partial charge >= 0.3 is 6.09 Å². The topological polar surface area (TPSA) is 97.6 Å². The molecule has 0 saturated carbocycles. The van der Waals surface area contributed by atoms with E-state index in [2.05, 4.69) is 30.5 Å². The van der Waals surface area contributed by atoms with E-state index in [0.717, 1.165) is 36.1 Å². The van der Waals surface area contributed by atoms with Crippen LogP contribution in [0.3, 0.4) is 0 Å². The van der Waals surface area contributed by atoms with Crippen molar-refractivity contribution >= 4 is 29.0 Å². The second-order valence-electron chi connectivity index (χ2n) is 11.8. The Morgan fingerprint density at radius 2 is 1.66 bits per heavy atom. The number of carbonyl (C=O) groups excluding carboxylic acids is 3. The molecule has 2 N–H and O–H groups in total. The van der Waals surface area contributed by atoms with Crippen molar-refractivity contribution in [2.24, 2.45) is 0 Å². The summed E-state index contributed by atoms with van der Waals surface area (Å²) in [6.07, 6.45) is 2.33. The molecule has 2 aromatic carbocycles. The number of carbonyl (C=O) groups is 3. The summed E-state index contributed by atoms with van der Waals surface area (Å²) in [5, 5.41) is 6.02. The van der Waals surface area contributed by atoms with Crippen LogP contribution in [0.5, 0.6) is 0 Å². The maximum atomic E-state index is 13.3. The van der Waals surface area contributed by atoms with Gasteiger partial charge in [0.25, 0.3) is 0 Å². The van der Waals surface area contributed by atoms with Crippen molar-refractivity contribution in [3.05, 3.63) is 70.0 Å². The van der Waals surface area contributed by atoms with Crippen LogP contribution < -0.4 is 10.6 Å². The number of amides is 1. The molecule has 3 aromatic rings. The fraction of sp³-hybridized carbons (Fsp3) is 0.387. The molecule has 0 fully saturated rings. The summed E-state index contributed by atoms with van der Waals surface area (Å²) in [6, 6.07) is 11.3. The number of ether oxygens (including phenoxy) is 1. The smallest absolute Gasteiger partial charge is 0.412 e. The Bertz CT molecular complexity index is 1450. The van der Waals surface area contributed by atoms with Gasteiger partial charge in [-0.25, -0.2) is 4.79 Å². The molecular weight excluding hydrogens is 480 g/mol. The van der Waals surface area contributed by atoms with Gasteiger partial charge in [0.2, 0.25) is 11.6 Å². The first-order valence-electron chi connectivity index (χ1n) is 13.1. The lowest BCUT2D eigenvalue weighted by molar-refractivity contribution is 0.0635. The molecule has 7 nitrogen and oxygen atoms in total. The van der Waals surface area contributed by atoms with Crippen LogP contribution in [0.25, 0.3) is 11.3 Å². The van der Waals surface area contributed by atoms with Crippen molar-refractivity contribution in [3.8, 4) is 11.3 Å². The highest BCUT2D eigenvalue weighted by atomic mass is 16.6. The predicted molar refractivity (Wildman–Crippen MR) is 147 cm³/mol.